The number of esters is 5. The molecule has 0 saturated carbocycles. The molecule has 14 heteroatoms. The highest BCUT2D eigenvalue weighted by Crippen LogP contribution is 2.38. The van der Waals surface area contributed by atoms with Crippen LogP contribution in [0.1, 0.15) is 79.3 Å². The van der Waals surface area contributed by atoms with Crippen LogP contribution < -0.4 is 33.2 Å². The Morgan fingerprint density at radius 3 is 1.24 bits per heavy atom. The molecule has 55 heavy (non-hydrogen) atoms. The first-order valence-corrected chi connectivity index (χ1v) is 16.9. The third-order valence-electron chi connectivity index (χ3n) is 7.53. The fraction of sp³-hybridized carbons (Fsp3) is 0.244. The second-order valence-corrected chi connectivity index (χ2v) is 12.0. The van der Waals surface area contributed by atoms with Crippen LogP contribution in [0.25, 0.3) is 0 Å². The Labute approximate surface area is 316 Å². The van der Waals surface area contributed by atoms with Gasteiger partial charge in [-0.25, -0.2) is 0 Å². The van der Waals surface area contributed by atoms with Crippen LogP contribution in [0.15, 0.2) is 72.8 Å². The first kappa shape index (κ1) is 40.9. The smallest absolute Gasteiger partial charge is 0.308 e. The van der Waals surface area contributed by atoms with E-state index in [0.29, 0.717) is 16.9 Å². The van der Waals surface area contributed by atoms with Crippen LogP contribution in [0.5, 0.6) is 46.0 Å². The lowest BCUT2D eigenvalue weighted by atomic mass is 10.0. The zero-order chi connectivity index (χ0) is 40.2. The number of hydrogen-bond donors (Lipinski definition) is 0. The first-order valence-electron chi connectivity index (χ1n) is 16.9. The molecule has 0 fully saturated rings. The number of ketones is 2. The normalized spacial score (nSPS) is 10.4. The number of Topliss-reactive ketones (excluding diaryl/α,β-unsaturated/α-hetero) is 2. The van der Waals surface area contributed by atoms with E-state index in [4.69, 9.17) is 33.2 Å². The number of ether oxygens (including phenoxy) is 7. The van der Waals surface area contributed by atoms with Crippen molar-refractivity contribution in [2.45, 2.75) is 60.3 Å². The molecular formula is C41H38O14. The molecule has 0 saturated heterocycles. The van der Waals surface area contributed by atoms with Crippen molar-refractivity contribution < 1.29 is 66.7 Å². The maximum atomic E-state index is 13.3. The monoisotopic (exact) mass is 754 g/mol. The van der Waals surface area contributed by atoms with Gasteiger partial charge in [-0.2, -0.15) is 0 Å². The Hall–Kier alpha value is -6.83. The van der Waals surface area contributed by atoms with Crippen LogP contribution >= 0.6 is 0 Å². The molecule has 0 aliphatic rings. The Bertz CT molecular complexity index is 2150. The van der Waals surface area contributed by atoms with Crippen LogP contribution in [0.3, 0.4) is 0 Å². The van der Waals surface area contributed by atoms with Gasteiger partial charge >= 0.3 is 29.8 Å². The van der Waals surface area contributed by atoms with Crippen molar-refractivity contribution in [3.63, 3.8) is 0 Å². The van der Waals surface area contributed by atoms with Crippen LogP contribution in [-0.4, -0.2) is 48.5 Å². The number of carbonyl (C=O) groups is 7. The molecular weight excluding hydrogens is 716 g/mol. The second kappa shape index (κ2) is 18.8. The minimum Gasteiger partial charge on any atom is -0.493 e. The van der Waals surface area contributed by atoms with Crippen LogP contribution in [0.2, 0.25) is 0 Å². The van der Waals surface area contributed by atoms with Crippen LogP contribution in [0, 0.1) is 0 Å². The third kappa shape index (κ3) is 12.1. The number of rotatable bonds is 16. The van der Waals surface area contributed by atoms with Gasteiger partial charge in [0.2, 0.25) is 0 Å². The Kier molecular flexibility index (Phi) is 14.0. The van der Waals surface area contributed by atoms with E-state index in [9.17, 15) is 33.6 Å². The van der Waals surface area contributed by atoms with E-state index in [1.54, 1.807) is 30.3 Å². The lowest BCUT2D eigenvalue weighted by molar-refractivity contribution is -0.133. The molecule has 0 N–H and O–H groups in total. The predicted molar refractivity (Wildman–Crippen MR) is 194 cm³/mol. The van der Waals surface area contributed by atoms with E-state index in [1.165, 1.54) is 84.2 Å². The highest BCUT2D eigenvalue weighted by atomic mass is 16.6. The summed E-state index contributed by atoms with van der Waals surface area (Å²) in [7, 11) is 1.44. The van der Waals surface area contributed by atoms with E-state index in [1.807, 2.05) is 0 Å². The Morgan fingerprint density at radius 1 is 0.418 bits per heavy atom. The Morgan fingerprint density at radius 2 is 0.818 bits per heavy atom. The highest BCUT2D eigenvalue weighted by molar-refractivity contribution is 6.00. The topological polar surface area (TPSA) is 184 Å². The largest absolute Gasteiger partial charge is 0.493 e. The van der Waals surface area contributed by atoms with Crippen molar-refractivity contribution in [3.8, 4) is 46.0 Å². The van der Waals surface area contributed by atoms with Gasteiger partial charge in [-0.3, -0.25) is 33.6 Å². The molecule has 0 aromatic heterocycles. The highest BCUT2D eigenvalue weighted by Gasteiger charge is 2.20. The van der Waals surface area contributed by atoms with Gasteiger partial charge in [-0.05, 0) is 72.5 Å². The second-order valence-electron chi connectivity index (χ2n) is 12.0. The maximum absolute atomic E-state index is 13.3. The minimum atomic E-state index is -0.659. The number of methoxy groups -OCH3 is 1. The van der Waals surface area contributed by atoms with Crippen LogP contribution in [-0.2, 0) is 36.8 Å². The zero-order valence-corrected chi connectivity index (χ0v) is 31.0. The summed E-state index contributed by atoms with van der Waals surface area (Å²) in [6.45, 7) is 6.05. The number of hydrogen-bond acceptors (Lipinski definition) is 14. The van der Waals surface area contributed by atoms with Gasteiger partial charge in [0.15, 0.2) is 34.6 Å². The standard InChI is InChI=1S/C41H38O14/c1-23(42)50-30-11-13-32(38(21-30)53-26(4)45)34(47)15-7-28-9-17-36(40(19-28)49-6)55-41-20-29(10-18-37(41)52-25(3)44)8-16-35(48)33-14-12-31(51-24(2)43)22-39(33)54-27(5)46/h9-14,17-22H,7-8,15-16H2,1-6H3. The molecule has 0 unspecified atom stereocenters. The fourth-order valence-corrected chi connectivity index (χ4v) is 5.29. The molecule has 0 bridgehead atoms. The average molecular weight is 755 g/mol. The molecule has 0 radical (unpaired) electrons. The summed E-state index contributed by atoms with van der Waals surface area (Å²) >= 11 is 0. The number of benzene rings is 4. The molecule has 4 aromatic rings. The quantitative estimate of drug-likeness (QED) is 0.0665. The third-order valence-corrected chi connectivity index (χ3v) is 7.53. The summed E-state index contributed by atoms with van der Waals surface area (Å²) in [6.07, 6.45) is 0.509. The van der Waals surface area contributed by atoms with E-state index < -0.39 is 29.8 Å². The molecule has 4 aromatic carbocycles. The molecule has 0 heterocycles. The molecule has 14 nitrogen and oxygen atoms in total. The van der Waals surface area contributed by atoms with Gasteiger partial charge in [-0.15, -0.1) is 0 Å². The van der Waals surface area contributed by atoms with E-state index in [2.05, 4.69) is 0 Å². The lowest BCUT2D eigenvalue weighted by Crippen LogP contribution is -2.10. The van der Waals surface area contributed by atoms with Crippen LogP contribution in [0.4, 0.5) is 0 Å². The van der Waals surface area contributed by atoms with Crippen molar-refractivity contribution in [3.05, 3.63) is 95.1 Å². The van der Waals surface area contributed by atoms with Gasteiger partial charge in [0.1, 0.15) is 23.0 Å². The molecule has 0 amide bonds. The maximum Gasteiger partial charge on any atom is 0.308 e. The summed E-state index contributed by atoms with van der Waals surface area (Å²) in [6, 6.07) is 18.1. The van der Waals surface area contributed by atoms with Gasteiger partial charge in [0.25, 0.3) is 0 Å². The van der Waals surface area contributed by atoms with Gasteiger partial charge in [0, 0.05) is 59.6 Å². The molecule has 4 rings (SSSR count). The van der Waals surface area contributed by atoms with E-state index >= 15 is 0 Å². The molecule has 0 aliphatic carbocycles. The Balaban J connectivity index is 1.51. The summed E-state index contributed by atoms with van der Waals surface area (Å²) < 4.78 is 37.6. The van der Waals surface area contributed by atoms with Crippen molar-refractivity contribution in [1.29, 1.82) is 0 Å². The molecule has 0 spiro atoms. The number of carbonyl (C=O) groups excluding carboxylic acids is 7. The van der Waals surface area contributed by atoms with E-state index in [-0.39, 0.29) is 88.6 Å². The molecule has 0 atom stereocenters. The van der Waals surface area contributed by atoms with Gasteiger partial charge in [0.05, 0.1) is 18.2 Å². The zero-order valence-electron chi connectivity index (χ0n) is 31.0. The summed E-state index contributed by atoms with van der Waals surface area (Å²) in [4.78, 5) is 84.5. The lowest BCUT2D eigenvalue weighted by Gasteiger charge is -2.16. The van der Waals surface area contributed by atoms with Gasteiger partial charge in [-0.1, -0.05) is 12.1 Å². The van der Waals surface area contributed by atoms with Gasteiger partial charge < -0.3 is 33.2 Å². The number of aryl methyl sites for hydroxylation is 2. The van der Waals surface area contributed by atoms with Crippen molar-refractivity contribution >= 4 is 41.4 Å². The first-order chi connectivity index (χ1) is 26.1. The summed E-state index contributed by atoms with van der Waals surface area (Å²) in [5.74, 6) is -2.75. The SMILES string of the molecule is COc1cc(CCC(=O)c2ccc(OC(C)=O)cc2OC(C)=O)ccc1Oc1cc(CCC(=O)c2ccc(OC(C)=O)cc2OC(C)=O)ccc1OC(C)=O. The molecule has 286 valence electrons. The van der Waals surface area contributed by atoms with E-state index in [0.717, 1.165) is 0 Å². The summed E-state index contributed by atoms with van der Waals surface area (Å²) in [5.41, 5.74) is 1.62. The van der Waals surface area contributed by atoms with Crippen molar-refractivity contribution in [2.24, 2.45) is 0 Å². The fourth-order valence-electron chi connectivity index (χ4n) is 5.29. The minimum absolute atomic E-state index is 0.0109. The predicted octanol–water partition coefficient (Wildman–Crippen LogP) is 6.75. The molecule has 0 aliphatic heterocycles. The summed E-state index contributed by atoms with van der Waals surface area (Å²) in [5, 5.41) is 0. The van der Waals surface area contributed by atoms with Crippen molar-refractivity contribution in [2.75, 3.05) is 7.11 Å². The van der Waals surface area contributed by atoms with Crippen molar-refractivity contribution in [1.82, 2.24) is 0 Å². The average Bonchev–Trinajstić information content (AvgIpc) is 3.10.